The summed E-state index contributed by atoms with van der Waals surface area (Å²) in [5.41, 5.74) is 0.764. The number of rotatable bonds is 5. The van der Waals surface area contributed by atoms with Crippen LogP contribution in [0, 0.1) is 5.82 Å². The highest BCUT2D eigenvalue weighted by Gasteiger charge is 2.47. The van der Waals surface area contributed by atoms with Crippen molar-refractivity contribution in [2.45, 2.75) is 44.2 Å². The summed E-state index contributed by atoms with van der Waals surface area (Å²) in [4.78, 5) is 42.0. The van der Waals surface area contributed by atoms with E-state index in [1.165, 1.54) is 24.3 Å². The third-order valence-electron chi connectivity index (χ3n) is 5.83. The normalized spacial score (nSPS) is 19.4. The van der Waals surface area contributed by atoms with Crippen molar-refractivity contribution in [3.05, 3.63) is 59.9 Å². The topological polar surface area (TPSA) is 66.9 Å². The van der Waals surface area contributed by atoms with Crippen molar-refractivity contribution < 1.29 is 23.5 Å². The highest BCUT2D eigenvalue weighted by Crippen LogP contribution is 2.33. The maximum absolute atomic E-state index is 13.4. The Morgan fingerprint density at radius 3 is 2.27 bits per heavy atom. The van der Waals surface area contributed by atoms with Gasteiger partial charge in [-0.15, -0.1) is 0 Å². The lowest BCUT2D eigenvalue weighted by Gasteiger charge is -2.33. The van der Waals surface area contributed by atoms with Crippen LogP contribution in [0.4, 0.5) is 10.1 Å². The molecule has 2 fully saturated rings. The molecular formula is C23H23FN2O4. The van der Waals surface area contributed by atoms with Gasteiger partial charge >= 0.3 is 0 Å². The minimum absolute atomic E-state index is 0.0748. The van der Waals surface area contributed by atoms with Crippen LogP contribution < -0.4 is 9.64 Å². The molecule has 0 N–H and O–H groups in total. The van der Waals surface area contributed by atoms with Gasteiger partial charge < -0.3 is 9.64 Å². The van der Waals surface area contributed by atoms with Gasteiger partial charge in [0, 0.05) is 11.6 Å². The molecule has 0 bridgehead atoms. The molecule has 3 amide bonds. The Morgan fingerprint density at radius 2 is 1.67 bits per heavy atom. The second kappa shape index (κ2) is 8.26. The molecule has 2 aromatic rings. The first-order chi connectivity index (χ1) is 14.5. The van der Waals surface area contributed by atoms with Crippen molar-refractivity contribution in [1.29, 1.82) is 0 Å². The summed E-state index contributed by atoms with van der Waals surface area (Å²) in [5, 5.41) is 0. The molecule has 0 radical (unpaired) electrons. The Morgan fingerprint density at radius 1 is 1.03 bits per heavy atom. The number of carbonyl (C=O) groups is 3. The predicted octanol–water partition coefficient (Wildman–Crippen LogP) is 3.55. The molecule has 156 valence electrons. The number of amides is 3. The first-order valence-electron chi connectivity index (χ1n) is 10.1. The Labute approximate surface area is 174 Å². The van der Waals surface area contributed by atoms with Gasteiger partial charge in [0.1, 0.15) is 17.6 Å². The monoisotopic (exact) mass is 410 g/mol. The standard InChI is InChI=1S/C23H23FN2O4/c1-30-19-12-6-15(7-13-19)22(28)25(17-4-2-3-5-17)20-14-21(27)26(23(20)29)18-10-8-16(24)9-11-18/h6-13,17,20H,2-5,14H2,1H3. The number of carbonyl (C=O) groups excluding carboxylic acids is 3. The van der Waals surface area contributed by atoms with E-state index in [1.807, 2.05) is 0 Å². The SMILES string of the molecule is COc1ccc(C(=O)N(C2CCCC2)C2CC(=O)N(c3ccc(F)cc3)C2=O)cc1. The van der Waals surface area contributed by atoms with Crippen LogP contribution in [0.1, 0.15) is 42.5 Å². The van der Waals surface area contributed by atoms with Gasteiger partial charge in [-0.25, -0.2) is 9.29 Å². The molecule has 2 aliphatic rings. The van der Waals surface area contributed by atoms with Gasteiger partial charge in [0.15, 0.2) is 0 Å². The third kappa shape index (κ3) is 3.67. The molecule has 6 nitrogen and oxygen atoms in total. The summed E-state index contributed by atoms with van der Waals surface area (Å²) in [5.74, 6) is -0.913. The first-order valence-corrected chi connectivity index (χ1v) is 10.1. The van der Waals surface area contributed by atoms with Gasteiger partial charge in [-0.05, 0) is 61.4 Å². The van der Waals surface area contributed by atoms with Crippen molar-refractivity contribution in [1.82, 2.24) is 4.90 Å². The minimum Gasteiger partial charge on any atom is -0.497 e. The van der Waals surface area contributed by atoms with Gasteiger partial charge in [-0.1, -0.05) is 12.8 Å². The van der Waals surface area contributed by atoms with Crippen LogP contribution in [0.3, 0.4) is 0 Å². The summed E-state index contributed by atoms with van der Waals surface area (Å²) in [6, 6.07) is 11.0. The molecule has 1 heterocycles. The predicted molar refractivity (Wildman–Crippen MR) is 109 cm³/mol. The molecule has 4 rings (SSSR count). The number of halogens is 1. The fraction of sp³-hybridized carbons (Fsp3) is 0.348. The average Bonchev–Trinajstić information content (AvgIpc) is 3.38. The van der Waals surface area contributed by atoms with Crippen LogP contribution >= 0.6 is 0 Å². The number of hydrogen-bond acceptors (Lipinski definition) is 4. The summed E-state index contributed by atoms with van der Waals surface area (Å²) in [6.45, 7) is 0. The molecule has 1 aliphatic carbocycles. The summed E-state index contributed by atoms with van der Waals surface area (Å²) in [6.07, 6.45) is 3.49. The number of benzene rings is 2. The van der Waals surface area contributed by atoms with E-state index in [-0.39, 0.29) is 24.3 Å². The number of ether oxygens (including phenoxy) is 1. The van der Waals surface area contributed by atoms with E-state index in [4.69, 9.17) is 4.74 Å². The van der Waals surface area contributed by atoms with Crippen LogP contribution in [0.5, 0.6) is 5.75 Å². The number of anilines is 1. The maximum Gasteiger partial charge on any atom is 0.257 e. The van der Waals surface area contributed by atoms with Crippen LogP contribution in [0.15, 0.2) is 48.5 Å². The Kier molecular flexibility index (Phi) is 5.53. The zero-order chi connectivity index (χ0) is 21.3. The van der Waals surface area contributed by atoms with Crippen LogP contribution in [0.2, 0.25) is 0 Å². The van der Waals surface area contributed by atoms with Crippen molar-refractivity contribution >= 4 is 23.4 Å². The molecule has 30 heavy (non-hydrogen) atoms. The number of imide groups is 1. The minimum atomic E-state index is -0.861. The first kappa shape index (κ1) is 20.1. The lowest BCUT2D eigenvalue weighted by molar-refractivity contribution is -0.123. The van der Waals surface area contributed by atoms with Crippen molar-refractivity contribution in [3.8, 4) is 5.75 Å². The summed E-state index contributed by atoms with van der Waals surface area (Å²) < 4.78 is 18.4. The van der Waals surface area contributed by atoms with Crippen molar-refractivity contribution in [3.63, 3.8) is 0 Å². The zero-order valence-corrected chi connectivity index (χ0v) is 16.7. The molecule has 1 unspecified atom stereocenters. The number of nitrogens with zero attached hydrogens (tertiary/aromatic N) is 2. The van der Waals surface area contributed by atoms with E-state index in [0.717, 1.165) is 30.6 Å². The Bertz CT molecular complexity index is 952. The van der Waals surface area contributed by atoms with E-state index >= 15 is 0 Å². The van der Waals surface area contributed by atoms with Crippen LogP contribution in [-0.2, 0) is 9.59 Å². The van der Waals surface area contributed by atoms with Crippen molar-refractivity contribution in [2.24, 2.45) is 0 Å². The summed E-state index contributed by atoms with van der Waals surface area (Å²) in [7, 11) is 1.55. The van der Waals surface area contributed by atoms with E-state index in [9.17, 15) is 18.8 Å². The molecular weight excluding hydrogens is 387 g/mol. The van der Waals surface area contributed by atoms with Gasteiger partial charge in [-0.3, -0.25) is 14.4 Å². The number of methoxy groups -OCH3 is 1. The van der Waals surface area contributed by atoms with E-state index in [0.29, 0.717) is 17.0 Å². The second-order valence-electron chi connectivity index (χ2n) is 7.64. The zero-order valence-electron chi connectivity index (χ0n) is 16.7. The van der Waals surface area contributed by atoms with Crippen LogP contribution in [-0.4, -0.2) is 41.8 Å². The van der Waals surface area contributed by atoms with E-state index in [2.05, 4.69) is 0 Å². The van der Waals surface area contributed by atoms with Gasteiger partial charge in [0.2, 0.25) is 5.91 Å². The molecule has 0 aromatic heterocycles. The highest BCUT2D eigenvalue weighted by molar-refractivity contribution is 6.23. The van der Waals surface area contributed by atoms with Crippen LogP contribution in [0.25, 0.3) is 0 Å². The van der Waals surface area contributed by atoms with Crippen molar-refractivity contribution in [2.75, 3.05) is 12.0 Å². The smallest absolute Gasteiger partial charge is 0.257 e. The fourth-order valence-corrected chi connectivity index (χ4v) is 4.32. The second-order valence-corrected chi connectivity index (χ2v) is 7.64. The van der Waals surface area contributed by atoms with E-state index in [1.54, 1.807) is 36.3 Å². The third-order valence-corrected chi connectivity index (χ3v) is 5.83. The fourth-order valence-electron chi connectivity index (χ4n) is 4.32. The summed E-state index contributed by atoms with van der Waals surface area (Å²) >= 11 is 0. The van der Waals surface area contributed by atoms with Gasteiger partial charge in [-0.2, -0.15) is 0 Å². The van der Waals surface area contributed by atoms with E-state index < -0.39 is 17.8 Å². The maximum atomic E-state index is 13.4. The van der Waals surface area contributed by atoms with Gasteiger partial charge in [0.25, 0.3) is 11.8 Å². The Balaban J connectivity index is 1.65. The molecule has 0 spiro atoms. The van der Waals surface area contributed by atoms with Gasteiger partial charge in [0.05, 0.1) is 19.2 Å². The average molecular weight is 410 g/mol. The lowest BCUT2D eigenvalue weighted by Crippen LogP contribution is -2.50. The molecule has 1 saturated heterocycles. The molecule has 1 atom stereocenters. The molecule has 2 aromatic carbocycles. The highest BCUT2D eigenvalue weighted by atomic mass is 19.1. The lowest BCUT2D eigenvalue weighted by atomic mass is 10.1. The Hall–Kier alpha value is -3.22. The molecule has 7 heteroatoms. The quantitative estimate of drug-likeness (QED) is 0.707. The largest absolute Gasteiger partial charge is 0.497 e. The molecule has 1 aliphatic heterocycles. The number of hydrogen-bond donors (Lipinski definition) is 0. The molecule has 1 saturated carbocycles.